The molecule has 0 bridgehead atoms. The van der Waals surface area contributed by atoms with E-state index in [0.717, 1.165) is 16.8 Å². The SMILES string of the molecule is Cc1cccc(/C=C/c2csc(NC(=O)c3cccn3Cc3ccncc3)n2)c1. The molecule has 3 aromatic heterocycles. The lowest BCUT2D eigenvalue weighted by Crippen LogP contribution is -2.17. The Kier molecular flexibility index (Phi) is 5.63. The molecule has 4 rings (SSSR count). The molecule has 1 amide bonds. The number of anilines is 1. The fraction of sp³-hybridized carbons (Fsp3) is 0.0870. The van der Waals surface area contributed by atoms with Crippen LogP contribution in [0.15, 0.2) is 72.5 Å². The van der Waals surface area contributed by atoms with Crippen molar-refractivity contribution in [3.05, 3.63) is 101 Å². The number of pyridine rings is 1. The number of hydrogen-bond donors (Lipinski definition) is 1. The van der Waals surface area contributed by atoms with Crippen LogP contribution < -0.4 is 5.32 Å². The van der Waals surface area contributed by atoms with Crippen LogP contribution in [0.2, 0.25) is 0 Å². The third-order valence-corrected chi connectivity index (χ3v) is 5.17. The largest absolute Gasteiger partial charge is 0.339 e. The summed E-state index contributed by atoms with van der Waals surface area (Å²) in [5.41, 5.74) is 4.83. The van der Waals surface area contributed by atoms with E-state index < -0.39 is 0 Å². The third-order valence-electron chi connectivity index (χ3n) is 4.40. The first-order valence-corrected chi connectivity index (χ1v) is 10.1. The van der Waals surface area contributed by atoms with Gasteiger partial charge in [0.2, 0.25) is 0 Å². The van der Waals surface area contributed by atoms with E-state index in [9.17, 15) is 4.79 Å². The molecule has 1 aromatic carbocycles. The minimum Gasteiger partial charge on any atom is -0.339 e. The Balaban J connectivity index is 1.43. The number of hydrogen-bond acceptors (Lipinski definition) is 4. The highest BCUT2D eigenvalue weighted by Crippen LogP contribution is 2.19. The zero-order chi connectivity index (χ0) is 20.1. The number of amides is 1. The number of aryl methyl sites for hydroxylation is 1. The Morgan fingerprint density at radius 1 is 1.14 bits per heavy atom. The minimum atomic E-state index is -0.174. The smallest absolute Gasteiger partial charge is 0.274 e. The molecule has 0 aliphatic rings. The topological polar surface area (TPSA) is 59.8 Å². The summed E-state index contributed by atoms with van der Waals surface area (Å²) in [6.45, 7) is 2.68. The van der Waals surface area contributed by atoms with E-state index in [4.69, 9.17) is 0 Å². The van der Waals surface area contributed by atoms with E-state index >= 15 is 0 Å². The molecule has 0 spiro atoms. The van der Waals surface area contributed by atoms with Gasteiger partial charge >= 0.3 is 0 Å². The minimum absolute atomic E-state index is 0.174. The number of nitrogens with one attached hydrogen (secondary N) is 1. The third kappa shape index (κ3) is 4.86. The molecule has 5 nitrogen and oxygen atoms in total. The fourth-order valence-electron chi connectivity index (χ4n) is 2.98. The Bertz CT molecular complexity index is 1140. The van der Waals surface area contributed by atoms with Crippen LogP contribution in [0.3, 0.4) is 0 Å². The summed E-state index contributed by atoms with van der Waals surface area (Å²) in [5.74, 6) is -0.174. The second-order valence-electron chi connectivity index (χ2n) is 6.66. The molecule has 0 aliphatic carbocycles. The first-order valence-electron chi connectivity index (χ1n) is 9.23. The number of aromatic nitrogens is 3. The number of carbonyl (C=O) groups excluding carboxylic acids is 1. The molecule has 3 heterocycles. The Labute approximate surface area is 173 Å². The van der Waals surface area contributed by atoms with E-state index in [1.165, 1.54) is 16.9 Å². The number of rotatable bonds is 6. The molecule has 29 heavy (non-hydrogen) atoms. The van der Waals surface area contributed by atoms with E-state index in [-0.39, 0.29) is 5.91 Å². The molecule has 6 heteroatoms. The maximum Gasteiger partial charge on any atom is 0.274 e. The van der Waals surface area contributed by atoms with Crippen LogP contribution in [-0.4, -0.2) is 20.4 Å². The van der Waals surface area contributed by atoms with Crippen LogP contribution in [0.25, 0.3) is 12.2 Å². The first-order chi connectivity index (χ1) is 14.2. The van der Waals surface area contributed by atoms with Gasteiger partial charge < -0.3 is 4.57 Å². The van der Waals surface area contributed by atoms with Crippen molar-refractivity contribution in [1.29, 1.82) is 0 Å². The van der Waals surface area contributed by atoms with Crippen molar-refractivity contribution in [3.63, 3.8) is 0 Å². The molecule has 0 radical (unpaired) electrons. The molecular formula is C23H20N4OS. The second kappa shape index (κ2) is 8.67. The number of benzene rings is 1. The predicted molar refractivity (Wildman–Crippen MR) is 118 cm³/mol. The van der Waals surface area contributed by atoms with Crippen molar-refractivity contribution in [2.24, 2.45) is 0 Å². The van der Waals surface area contributed by atoms with Crippen molar-refractivity contribution >= 4 is 34.5 Å². The van der Waals surface area contributed by atoms with Crippen LogP contribution in [0, 0.1) is 6.92 Å². The normalized spacial score (nSPS) is 11.1. The summed E-state index contributed by atoms with van der Waals surface area (Å²) < 4.78 is 1.91. The van der Waals surface area contributed by atoms with Crippen molar-refractivity contribution in [1.82, 2.24) is 14.5 Å². The fourth-order valence-corrected chi connectivity index (χ4v) is 3.65. The summed E-state index contributed by atoms with van der Waals surface area (Å²) in [5, 5.41) is 5.41. The second-order valence-corrected chi connectivity index (χ2v) is 7.51. The van der Waals surface area contributed by atoms with Gasteiger partial charge in [-0.25, -0.2) is 4.98 Å². The lowest BCUT2D eigenvalue weighted by atomic mass is 10.1. The van der Waals surface area contributed by atoms with Crippen molar-refractivity contribution in [2.45, 2.75) is 13.5 Å². The lowest BCUT2D eigenvalue weighted by molar-refractivity contribution is 0.101. The van der Waals surface area contributed by atoms with Crippen LogP contribution in [0.4, 0.5) is 5.13 Å². The van der Waals surface area contributed by atoms with Gasteiger partial charge in [-0.2, -0.15) is 0 Å². The maximum atomic E-state index is 12.7. The molecular weight excluding hydrogens is 380 g/mol. The van der Waals surface area contributed by atoms with Gasteiger partial charge in [0, 0.05) is 30.5 Å². The molecule has 0 aliphatic heterocycles. The number of thiazole rings is 1. The summed E-state index contributed by atoms with van der Waals surface area (Å²) in [4.78, 5) is 21.2. The van der Waals surface area contributed by atoms with E-state index in [0.29, 0.717) is 17.4 Å². The highest BCUT2D eigenvalue weighted by molar-refractivity contribution is 7.14. The van der Waals surface area contributed by atoms with Crippen molar-refractivity contribution < 1.29 is 4.79 Å². The van der Waals surface area contributed by atoms with Gasteiger partial charge in [-0.05, 0) is 48.4 Å². The van der Waals surface area contributed by atoms with E-state index in [1.54, 1.807) is 12.4 Å². The van der Waals surface area contributed by atoms with Gasteiger partial charge in [0.05, 0.1) is 5.69 Å². The van der Waals surface area contributed by atoms with Crippen LogP contribution in [0.5, 0.6) is 0 Å². The Morgan fingerprint density at radius 3 is 2.83 bits per heavy atom. The van der Waals surface area contributed by atoms with Crippen LogP contribution in [-0.2, 0) is 6.54 Å². The number of nitrogens with zero attached hydrogens (tertiary/aromatic N) is 3. The van der Waals surface area contributed by atoms with Gasteiger partial charge in [-0.3, -0.25) is 15.1 Å². The molecule has 144 valence electrons. The standard InChI is InChI=1S/C23H20N4OS/c1-17-4-2-5-18(14-17)7-8-20-16-29-23(25-20)26-22(28)21-6-3-13-27(21)15-19-9-11-24-12-10-19/h2-14,16H,15H2,1H3,(H,25,26,28)/b8-7+. The van der Waals surface area contributed by atoms with Gasteiger partial charge in [0.1, 0.15) is 5.69 Å². The zero-order valence-corrected chi connectivity index (χ0v) is 16.8. The van der Waals surface area contributed by atoms with E-state index in [2.05, 4.69) is 40.4 Å². The van der Waals surface area contributed by atoms with Crippen LogP contribution in [0.1, 0.15) is 32.9 Å². The summed E-state index contributed by atoms with van der Waals surface area (Å²) >= 11 is 1.41. The van der Waals surface area contributed by atoms with E-state index in [1.807, 2.05) is 58.6 Å². The average molecular weight is 401 g/mol. The monoisotopic (exact) mass is 400 g/mol. The molecule has 1 N–H and O–H groups in total. The van der Waals surface area contributed by atoms with Crippen molar-refractivity contribution in [3.8, 4) is 0 Å². The predicted octanol–water partition coefficient (Wildman–Crippen LogP) is 5.12. The summed E-state index contributed by atoms with van der Waals surface area (Å²) in [6, 6.07) is 15.8. The summed E-state index contributed by atoms with van der Waals surface area (Å²) in [7, 11) is 0. The maximum absolute atomic E-state index is 12.7. The Hall–Kier alpha value is -3.51. The van der Waals surface area contributed by atoms with Gasteiger partial charge in [-0.1, -0.05) is 35.9 Å². The molecule has 0 unspecified atom stereocenters. The highest BCUT2D eigenvalue weighted by atomic mass is 32.1. The van der Waals surface area contributed by atoms with Gasteiger partial charge in [0.15, 0.2) is 5.13 Å². The molecule has 0 saturated heterocycles. The molecule has 0 atom stereocenters. The van der Waals surface area contributed by atoms with Crippen LogP contribution >= 0.6 is 11.3 Å². The molecule has 4 aromatic rings. The highest BCUT2D eigenvalue weighted by Gasteiger charge is 2.13. The zero-order valence-electron chi connectivity index (χ0n) is 15.9. The quantitative estimate of drug-likeness (QED) is 0.489. The van der Waals surface area contributed by atoms with Crippen molar-refractivity contribution in [2.75, 3.05) is 5.32 Å². The number of carbonyl (C=O) groups is 1. The van der Waals surface area contributed by atoms with Gasteiger partial charge in [0.25, 0.3) is 5.91 Å². The van der Waals surface area contributed by atoms with Gasteiger partial charge in [-0.15, -0.1) is 11.3 Å². The molecule has 0 saturated carbocycles. The molecule has 0 fully saturated rings. The average Bonchev–Trinajstić information content (AvgIpc) is 3.37. The Morgan fingerprint density at radius 2 is 2.00 bits per heavy atom. The first kappa shape index (κ1) is 18.8. The lowest BCUT2D eigenvalue weighted by Gasteiger charge is -2.08. The summed E-state index contributed by atoms with van der Waals surface area (Å²) in [6.07, 6.45) is 9.37.